The second kappa shape index (κ2) is 6.90. The number of thiazole rings is 1. The van der Waals surface area contributed by atoms with Gasteiger partial charge in [0.1, 0.15) is 10.7 Å². The van der Waals surface area contributed by atoms with Crippen LogP contribution in [0.1, 0.15) is 18.5 Å². The first kappa shape index (κ1) is 16.3. The number of aromatic nitrogens is 2. The molecule has 0 atom stereocenters. The van der Waals surface area contributed by atoms with Crippen molar-refractivity contribution in [2.45, 2.75) is 24.2 Å². The minimum absolute atomic E-state index is 0.173. The molecule has 1 N–H and O–H groups in total. The fraction of sp³-hybridized carbons (Fsp3) is 0.429. The fourth-order valence-electron chi connectivity index (χ4n) is 2.40. The van der Waals surface area contributed by atoms with Gasteiger partial charge in [-0.15, -0.1) is 11.3 Å². The van der Waals surface area contributed by atoms with Crippen LogP contribution in [0.4, 0.5) is 9.52 Å². The summed E-state index contributed by atoms with van der Waals surface area (Å²) in [4.78, 5) is 10.2. The smallest absolute Gasteiger partial charge is 0.242 e. The number of nitrogens with zero attached hydrogens (tertiary/aromatic N) is 3. The van der Waals surface area contributed by atoms with Crippen molar-refractivity contribution in [3.05, 3.63) is 35.4 Å². The molecule has 9 heteroatoms. The molecule has 2 aromatic rings. The van der Waals surface area contributed by atoms with Crippen molar-refractivity contribution >= 4 is 26.5 Å². The fourth-order valence-corrected chi connectivity index (χ4v) is 4.32. The Kier molecular flexibility index (Phi) is 4.88. The second-order valence-electron chi connectivity index (χ2n) is 5.30. The molecule has 0 unspecified atom stereocenters. The Morgan fingerprint density at radius 2 is 2.09 bits per heavy atom. The second-order valence-corrected chi connectivity index (χ2v) is 7.91. The zero-order valence-electron chi connectivity index (χ0n) is 12.4. The first-order valence-corrected chi connectivity index (χ1v) is 9.70. The molecular weight excluding hydrogens is 339 g/mol. The first-order valence-electron chi connectivity index (χ1n) is 7.34. The van der Waals surface area contributed by atoms with Crippen LogP contribution >= 0.6 is 11.3 Å². The van der Waals surface area contributed by atoms with E-state index in [0.717, 1.165) is 42.4 Å². The maximum absolute atomic E-state index is 13.1. The van der Waals surface area contributed by atoms with Gasteiger partial charge in [-0.2, -0.15) is 0 Å². The van der Waals surface area contributed by atoms with Crippen molar-refractivity contribution in [1.82, 2.24) is 14.7 Å². The topological polar surface area (TPSA) is 75.2 Å². The summed E-state index contributed by atoms with van der Waals surface area (Å²) in [5, 5.41) is 2.95. The largest absolute Gasteiger partial charge is 0.348 e. The summed E-state index contributed by atoms with van der Waals surface area (Å²) in [6.07, 6.45) is 4.97. The number of hydrogen-bond acceptors (Lipinski definition) is 6. The lowest BCUT2D eigenvalue weighted by molar-refractivity contribution is 0.575. The van der Waals surface area contributed by atoms with Crippen molar-refractivity contribution in [3.8, 4) is 0 Å². The number of anilines is 1. The van der Waals surface area contributed by atoms with Gasteiger partial charge in [0.2, 0.25) is 10.0 Å². The maximum Gasteiger partial charge on any atom is 0.242 e. The van der Waals surface area contributed by atoms with Crippen LogP contribution in [-0.2, 0) is 16.4 Å². The predicted octanol–water partition coefficient (Wildman–Crippen LogP) is 1.80. The highest BCUT2D eigenvalue weighted by atomic mass is 32.2. The number of halogens is 1. The van der Waals surface area contributed by atoms with Crippen molar-refractivity contribution in [1.29, 1.82) is 0 Å². The van der Waals surface area contributed by atoms with E-state index in [1.54, 1.807) is 11.3 Å². The first-order chi connectivity index (χ1) is 11.0. The molecule has 0 aliphatic carbocycles. The molecule has 0 bridgehead atoms. The van der Waals surface area contributed by atoms with Crippen molar-refractivity contribution in [3.63, 3.8) is 0 Å². The van der Waals surface area contributed by atoms with Gasteiger partial charge in [0.15, 0.2) is 5.13 Å². The zero-order chi connectivity index (χ0) is 16.3. The summed E-state index contributed by atoms with van der Waals surface area (Å²) >= 11 is 1.58. The van der Waals surface area contributed by atoms with E-state index in [1.807, 2.05) is 5.38 Å². The normalized spacial score (nSPS) is 15.3. The lowest BCUT2D eigenvalue weighted by atomic mass is 10.3. The molecule has 0 radical (unpaired) electrons. The summed E-state index contributed by atoms with van der Waals surface area (Å²) in [6, 6.07) is 0.948. The third-order valence-electron chi connectivity index (χ3n) is 3.58. The molecule has 0 saturated carbocycles. The summed E-state index contributed by atoms with van der Waals surface area (Å²) in [7, 11) is -3.75. The van der Waals surface area contributed by atoms with Crippen LogP contribution in [0, 0.1) is 5.82 Å². The molecule has 3 heterocycles. The SMILES string of the molecule is O=S(=O)(NCCc1csc(N2CCCC2)n1)c1cncc(F)c1. The Balaban J connectivity index is 1.56. The summed E-state index contributed by atoms with van der Waals surface area (Å²) in [5.74, 6) is -0.678. The third-order valence-corrected chi connectivity index (χ3v) is 5.96. The molecule has 3 rings (SSSR count). The summed E-state index contributed by atoms with van der Waals surface area (Å²) in [6.45, 7) is 2.28. The molecule has 0 aromatic carbocycles. The van der Waals surface area contributed by atoms with Gasteiger partial charge in [0.05, 0.1) is 11.9 Å². The molecule has 1 aliphatic rings. The van der Waals surface area contributed by atoms with Crippen molar-refractivity contribution in [2.75, 3.05) is 24.5 Å². The Hall–Kier alpha value is -1.58. The number of rotatable bonds is 6. The molecule has 1 saturated heterocycles. The Morgan fingerprint density at radius 3 is 2.83 bits per heavy atom. The van der Waals surface area contributed by atoms with E-state index in [2.05, 4.69) is 19.6 Å². The molecule has 124 valence electrons. The van der Waals surface area contributed by atoms with Crippen LogP contribution in [0.15, 0.2) is 28.7 Å². The highest BCUT2D eigenvalue weighted by molar-refractivity contribution is 7.89. The lowest BCUT2D eigenvalue weighted by Crippen LogP contribution is -2.26. The van der Waals surface area contributed by atoms with E-state index in [0.29, 0.717) is 6.42 Å². The van der Waals surface area contributed by atoms with Gasteiger partial charge in [-0.3, -0.25) is 4.98 Å². The van der Waals surface area contributed by atoms with Crippen LogP contribution < -0.4 is 9.62 Å². The number of nitrogens with one attached hydrogen (secondary N) is 1. The van der Waals surface area contributed by atoms with Gasteiger partial charge in [-0.25, -0.2) is 22.5 Å². The number of hydrogen-bond donors (Lipinski definition) is 1. The Morgan fingerprint density at radius 1 is 1.30 bits per heavy atom. The Bertz CT molecular complexity index is 773. The monoisotopic (exact) mass is 356 g/mol. The Labute approximate surface area is 138 Å². The van der Waals surface area contributed by atoms with E-state index in [9.17, 15) is 12.8 Å². The van der Waals surface area contributed by atoms with E-state index in [-0.39, 0.29) is 11.4 Å². The van der Waals surface area contributed by atoms with Gasteiger partial charge in [0.25, 0.3) is 0 Å². The van der Waals surface area contributed by atoms with Crippen molar-refractivity contribution < 1.29 is 12.8 Å². The van der Waals surface area contributed by atoms with Crippen molar-refractivity contribution in [2.24, 2.45) is 0 Å². The van der Waals surface area contributed by atoms with Crippen LogP contribution in [0.3, 0.4) is 0 Å². The lowest BCUT2D eigenvalue weighted by Gasteiger charge is -2.12. The predicted molar refractivity (Wildman–Crippen MR) is 86.6 cm³/mol. The van der Waals surface area contributed by atoms with E-state index < -0.39 is 15.8 Å². The molecule has 1 aliphatic heterocycles. The van der Waals surface area contributed by atoms with Crippen LogP contribution in [0.5, 0.6) is 0 Å². The minimum atomic E-state index is -3.75. The molecule has 0 amide bonds. The summed E-state index contributed by atoms with van der Waals surface area (Å²) < 4.78 is 39.6. The molecule has 0 spiro atoms. The number of pyridine rings is 1. The molecule has 6 nitrogen and oxygen atoms in total. The van der Waals surface area contributed by atoms with Crippen LogP contribution in [-0.4, -0.2) is 38.0 Å². The van der Waals surface area contributed by atoms with E-state index in [1.165, 1.54) is 12.8 Å². The van der Waals surface area contributed by atoms with Crippen LogP contribution in [0.25, 0.3) is 0 Å². The minimum Gasteiger partial charge on any atom is -0.348 e. The third kappa shape index (κ3) is 4.04. The highest BCUT2D eigenvalue weighted by Gasteiger charge is 2.17. The van der Waals surface area contributed by atoms with Crippen LogP contribution in [0.2, 0.25) is 0 Å². The van der Waals surface area contributed by atoms with Gasteiger partial charge < -0.3 is 4.90 Å². The molecule has 23 heavy (non-hydrogen) atoms. The number of sulfonamides is 1. The standard InChI is InChI=1S/C14H17FN4O2S2/c15-11-7-13(9-16-8-11)23(20,21)17-4-3-12-10-22-14(18-12)19-5-1-2-6-19/h7-10,17H,1-6H2. The van der Waals surface area contributed by atoms with Gasteiger partial charge in [-0.05, 0) is 18.9 Å². The van der Waals surface area contributed by atoms with Gasteiger partial charge in [0, 0.05) is 37.6 Å². The quantitative estimate of drug-likeness (QED) is 0.854. The average Bonchev–Trinajstić information content (AvgIpc) is 3.18. The van der Waals surface area contributed by atoms with Gasteiger partial charge >= 0.3 is 0 Å². The van der Waals surface area contributed by atoms with E-state index >= 15 is 0 Å². The molecule has 2 aromatic heterocycles. The summed E-state index contributed by atoms with van der Waals surface area (Å²) in [5.41, 5.74) is 0.858. The maximum atomic E-state index is 13.1. The highest BCUT2D eigenvalue weighted by Crippen LogP contribution is 2.24. The average molecular weight is 356 g/mol. The molecule has 1 fully saturated rings. The van der Waals surface area contributed by atoms with E-state index in [4.69, 9.17) is 0 Å². The molecular formula is C14H17FN4O2S2. The van der Waals surface area contributed by atoms with Gasteiger partial charge in [-0.1, -0.05) is 0 Å². The zero-order valence-corrected chi connectivity index (χ0v) is 14.0.